The van der Waals surface area contributed by atoms with Gasteiger partial charge in [-0.3, -0.25) is 14.3 Å². The van der Waals surface area contributed by atoms with Crippen molar-refractivity contribution in [3.8, 4) is 0 Å². The second-order valence-electron chi connectivity index (χ2n) is 4.62. The van der Waals surface area contributed by atoms with Gasteiger partial charge in [-0.05, 0) is 17.5 Å². The highest BCUT2D eigenvalue weighted by Crippen LogP contribution is 2.27. The van der Waals surface area contributed by atoms with Crippen LogP contribution >= 0.6 is 15.9 Å². The van der Waals surface area contributed by atoms with Crippen molar-refractivity contribution in [1.29, 1.82) is 0 Å². The highest BCUT2D eigenvalue weighted by Gasteiger charge is 2.35. The molecule has 3 atom stereocenters. The first-order valence-corrected chi connectivity index (χ1v) is 6.96. The zero-order valence-corrected chi connectivity index (χ0v) is 12.3. The Kier molecular flexibility index (Phi) is 4.59. The lowest BCUT2D eigenvalue weighted by Gasteiger charge is -2.15. The molecule has 3 N–H and O–H groups in total. The number of halogens is 1. The van der Waals surface area contributed by atoms with Gasteiger partial charge < -0.3 is 14.9 Å². The van der Waals surface area contributed by atoms with Crippen LogP contribution in [-0.4, -0.2) is 38.6 Å². The number of aliphatic hydroxyl groups is 2. The van der Waals surface area contributed by atoms with E-state index in [4.69, 9.17) is 9.84 Å². The van der Waals surface area contributed by atoms with E-state index in [1.54, 1.807) is 11.9 Å². The maximum atomic E-state index is 11.8. The molecular weight excluding hydrogens is 332 g/mol. The Labute approximate surface area is 122 Å². The number of aromatic nitrogens is 2. The third-order valence-corrected chi connectivity index (χ3v) is 3.94. The first kappa shape index (κ1) is 15.2. The largest absolute Gasteiger partial charge is 0.394 e. The molecule has 0 spiro atoms. The zero-order valence-electron chi connectivity index (χ0n) is 10.7. The van der Waals surface area contributed by atoms with E-state index in [0.717, 1.165) is 0 Å². The van der Waals surface area contributed by atoms with Crippen molar-refractivity contribution in [3.63, 3.8) is 0 Å². The predicted octanol–water partition coefficient (Wildman–Crippen LogP) is -0.0670. The second kappa shape index (κ2) is 6.04. The summed E-state index contributed by atoms with van der Waals surface area (Å²) in [4.78, 5) is 27.4. The van der Waals surface area contributed by atoms with Gasteiger partial charge in [0.15, 0.2) is 0 Å². The standard InChI is InChI=1S/C12H15BrN2O5/c1-6(3-13)7-4-15(12(19)14-11(7)18)10-2-8(17)9(5-16)20-10/h3-4,8-10,16-17H,2,5H2,1H3,(H,14,18,19)/b6-3+/t8-,9+,10+/m0/s1. The quantitative estimate of drug-likeness (QED) is 0.710. The van der Waals surface area contributed by atoms with Crippen molar-refractivity contribution >= 4 is 21.5 Å². The van der Waals surface area contributed by atoms with Gasteiger partial charge in [-0.25, -0.2) is 4.79 Å². The number of hydrogen-bond acceptors (Lipinski definition) is 5. The Morgan fingerprint density at radius 3 is 2.90 bits per heavy atom. The van der Waals surface area contributed by atoms with E-state index in [0.29, 0.717) is 11.1 Å². The minimum absolute atomic E-state index is 0.174. The Morgan fingerprint density at radius 1 is 1.65 bits per heavy atom. The third-order valence-electron chi connectivity index (χ3n) is 3.25. The minimum Gasteiger partial charge on any atom is -0.394 e. The van der Waals surface area contributed by atoms with Gasteiger partial charge in [0.25, 0.3) is 5.56 Å². The summed E-state index contributed by atoms with van der Waals surface area (Å²) in [5.41, 5.74) is -0.127. The average molecular weight is 347 g/mol. The molecular formula is C12H15BrN2O5. The average Bonchev–Trinajstić information content (AvgIpc) is 2.79. The van der Waals surface area contributed by atoms with Crippen LogP contribution in [-0.2, 0) is 4.74 Å². The van der Waals surface area contributed by atoms with Crippen LogP contribution in [0.2, 0.25) is 0 Å². The van der Waals surface area contributed by atoms with E-state index in [9.17, 15) is 14.7 Å². The molecule has 2 heterocycles. The van der Waals surface area contributed by atoms with Crippen LogP contribution < -0.4 is 11.2 Å². The first-order chi connectivity index (χ1) is 9.47. The highest BCUT2D eigenvalue weighted by molar-refractivity contribution is 9.11. The molecule has 7 nitrogen and oxygen atoms in total. The molecule has 1 aliphatic rings. The molecule has 8 heteroatoms. The number of H-pyrrole nitrogens is 1. The van der Waals surface area contributed by atoms with Gasteiger partial charge in [0.1, 0.15) is 12.3 Å². The number of allylic oxidation sites excluding steroid dienone is 1. The Balaban J connectivity index is 2.43. The topological polar surface area (TPSA) is 105 Å². The molecule has 2 rings (SSSR count). The van der Waals surface area contributed by atoms with Crippen molar-refractivity contribution in [2.45, 2.75) is 31.8 Å². The van der Waals surface area contributed by atoms with Crippen LogP contribution in [0.3, 0.4) is 0 Å². The Morgan fingerprint density at radius 2 is 2.35 bits per heavy atom. The summed E-state index contributed by atoms with van der Waals surface area (Å²) in [7, 11) is 0. The third kappa shape index (κ3) is 2.78. The summed E-state index contributed by atoms with van der Waals surface area (Å²) in [5, 5.41) is 18.7. The van der Waals surface area contributed by atoms with Gasteiger partial charge in [0.2, 0.25) is 0 Å². The van der Waals surface area contributed by atoms with Crippen molar-refractivity contribution in [3.05, 3.63) is 37.6 Å². The molecule has 1 aromatic heterocycles. The van der Waals surface area contributed by atoms with Gasteiger partial charge in [0, 0.05) is 12.6 Å². The van der Waals surface area contributed by atoms with E-state index in [2.05, 4.69) is 20.9 Å². The fourth-order valence-corrected chi connectivity index (χ4v) is 2.34. The number of ether oxygens (including phenoxy) is 1. The van der Waals surface area contributed by atoms with Gasteiger partial charge in [-0.15, -0.1) is 0 Å². The lowest BCUT2D eigenvalue weighted by molar-refractivity contribution is -0.0459. The molecule has 1 fully saturated rings. The molecule has 1 saturated heterocycles. The maximum Gasteiger partial charge on any atom is 0.330 e. The summed E-state index contributed by atoms with van der Waals surface area (Å²) >= 11 is 3.14. The summed E-state index contributed by atoms with van der Waals surface area (Å²) in [6.45, 7) is 1.39. The first-order valence-electron chi connectivity index (χ1n) is 6.05. The number of rotatable bonds is 3. The summed E-state index contributed by atoms with van der Waals surface area (Å²) in [6.07, 6.45) is -0.720. The highest BCUT2D eigenvalue weighted by atomic mass is 79.9. The van der Waals surface area contributed by atoms with Crippen LogP contribution in [0, 0.1) is 0 Å². The predicted molar refractivity (Wildman–Crippen MR) is 75.5 cm³/mol. The molecule has 1 aliphatic heterocycles. The lowest BCUT2D eigenvalue weighted by Crippen LogP contribution is -2.34. The van der Waals surface area contributed by atoms with Crippen molar-refractivity contribution in [2.24, 2.45) is 0 Å². The summed E-state index contributed by atoms with van der Waals surface area (Å²) in [6, 6.07) is 0. The van der Waals surface area contributed by atoms with Crippen LogP contribution in [0.5, 0.6) is 0 Å². The van der Waals surface area contributed by atoms with Crippen LogP contribution in [0.25, 0.3) is 5.57 Å². The fourth-order valence-electron chi connectivity index (χ4n) is 2.09. The molecule has 0 amide bonds. The molecule has 0 bridgehead atoms. The minimum atomic E-state index is -0.847. The van der Waals surface area contributed by atoms with E-state index in [-0.39, 0.29) is 13.0 Å². The van der Waals surface area contributed by atoms with Gasteiger partial charge >= 0.3 is 5.69 Å². The molecule has 0 saturated carbocycles. The normalized spacial score (nSPS) is 27.0. The monoisotopic (exact) mass is 346 g/mol. The van der Waals surface area contributed by atoms with Gasteiger partial charge in [-0.2, -0.15) is 0 Å². The smallest absolute Gasteiger partial charge is 0.330 e. The molecule has 0 radical (unpaired) electrons. The fraction of sp³-hybridized carbons (Fsp3) is 0.500. The van der Waals surface area contributed by atoms with Crippen molar-refractivity contribution < 1.29 is 14.9 Å². The molecule has 0 unspecified atom stereocenters. The lowest BCUT2D eigenvalue weighted by atomic mass is 10.1. The van der Waals surface area contributed by atoms with E-state index in [1.165, 1.54) is 10.8 Å². The number of hydrogen-bond donors (Lipinski definition) is 3. The SMILES string of the molecule is C/C(=C\Br)c1cn([C@H]2C[C@H](O)[C@@H](CO)O2)c(=O)[nH]c1=O. The van der Waals surface area contributed by atoms with Crippen molar-refractivity contribution in [1.82, 2.24) is 9.55 Å². The Bertz CT molecular complexity index is 635. The summed E-state index contributed by atoms with van der Waals surface area (Å²) in [5.74, 6) is 0. The van der Waals surface area contributed by atoms with E-state index < -0.39 is 29.7 Å². The Hall–Kier alpha value is -1.22. The maximum absolute atomic E-state index is 11.8. The molecule has 0 aliphatic carbocycles. The molecule has 20 heavy (non-hydrogen) atoms. The second-order valence-corrected chi connectivity index (χ2v) is 5.07. The van der Waals surface area contributed by atoms with Gasteiger partial charge in [-0.1, -0.05) is 15.9 Å². The number of nitrogens with zero attached hydrogens (tertiary/aromatic N) is 1. The number of nitrogens with one attached hydrogen (secondary N) is 1. The van der Waals surface area contributed by atoms with Crippen LogP contribution in [0.1, 0.15) is 25.1 Å². The number of aromatic amines is 1. The van der Waals surface area contributed by atoms with Crippen molar-refractivity contribution in [2.75, 3.05) is 6.61 Å². The van der Waals surface area contributed by atoms with Crippen LogP contribution in [0.4, 0.5) is 0 Å². The zero-order chi connectivity index (χ0) is 14.9. The van der Waals surface area contributed by atoms with Crippen LogP contribution in [0.15, 0.2) is 20.8 Å². The molecule has 0 aromatic carbocycles. The van der Waals surface area contributed by atoms with E-state index >= 15 is 0 Å². The number of aliphatic hydroxyl groups excluding tert-OH is 2. The van der Waals surface area contributed by atoms with Gasteiger partial charge in [0.05, 0.1) is 18.3 Å². The molecule has 110 valence electrons. The molecule has 1 aromatic rings. The summed E-state index contributed by atoms with van der Waals surface area (Å²) < 4.78 is 6.63. The van der Waals surface area contributed by atoms with E-state index in [1.807, 2.05) is 0 Å².